The number of amides is 2. The lowest BCUT2D eigenvalue weighted by Crippen LogP contribution is -2.49. The summed E-state index contributed by atoms with van der Waals surface area (Å²) in [6, 6.07) is -0.0237. The Morgan fingerprint density at radius 2 is 1.80 bits per heavy atom. The van der Waals surface area contributed by atoms with Crippen molar-refractivity contribution in [2.45, 2.75) is 51.6 Å². The van der Waals surface area contributed by atoms with Gasteiger partial charge in [-0.2, -0.15) is 0 Å². The van der Waals surface area contributed by atoms with E-state index in [1.165, 1.54) is 0 Å². The summed E-state index contributed by atoms with van der Waals surface area (Å²) in [6.07, 6.45) is 3.33. The first kappa shape index (κ1) is 17.2. The molecule has 4 unspecified atom stereocenters. The van der Waals surface area contributed by atoms with E-state index in [4.69, 9.17) is 5.73 Å². The molecule has 2 bridgehead atoms. The summed E-state index contributed by atoms with van der Waals surface area (Å²) in [5, 5.41) is 5.56. The molecule has 0 aliphatic heterocycles. The minimum Gasteiger partial charge on any atom is -0.350 e. The van der Waals surface area contributed by atoms with Crippen molar-refractivity contribution in [1.82, 2.24) is 10.6 Å². The van der Waals surface area contributed by atoms with E-state index in [9.17, 15) is 9.59 Å². The third-order valence-electron chi connectivity index (χ3n) is 4.22. The maximum atomic E-state index is 12.1. The van der Waals surface area contributed by atoms with Gasteiger partial charge in [-0.05, 0) is 51.9 Å². The van der Waals surface area contributed by atoms with Gasteiger partial charge < -0.3 is 16.4 Å². The lowest BCUT2D eigenvalue weighted by atomic mass is 9.84. The van der Waals surface area contributed by atoms with E-state index in [1.807, 2.05) is 20.8 Å². The number of hydrogen-bond donors (Lipinski definition) is 3. The van der Waals surface area contributed by atoms with Gasteiger partial charge in [-0.3, -0.25) is 9.59 Å². The van der Waals surface area contributed by atoms with Crippen LogP contribution in [0, 0.1) is 17.8 Å². The number of fused-ring (bicyclic) bond motifs is 2. The molecule has 20 heavy (non-hydrogen) atoms. The molecule has 0 aromatic rings. The Kier molecular flexibility index (Phi) is 5.44. The Balaban J connectivity index is 0.00000200. The van der Waals surface area contributed by atoms with Crippen molar-refractivity contribution in [3.63, 3.8) is 0 Å². The van der Waals surface area contributed by atoms with E-state index in [-0.39, 0.29) is 48.3 Å². The quantitative estimate of drug-likeness (QED) is 0.721. The molecule has 0 saturated heterocycles. The Hall–Kier alpha value is -0.810. The Morgan fingerprint density at radius 1 is 1.20 bits per heavy atom. The van der Waals surface area contributed by atoms with Crippen molar-refractivity contribution in [3.8, 4) is 0 Å². The zero-order chi connectivity index (χ0) is 14.2. The van der Waals surface area contributed by atoms with Crippen molar-refractivity contribution in [1.29, 1.82) is 0 Å². The minimum atomic E-state index is -0.273. The van der Waals surface area contributed by atoms with Gasteiger partial charge in [0, 0.05) is 11.6 Å². The number of hydrogen-bond acceptors (Lipinski definition) is 3. The molecule has 4 atom stereocenters. The lowest BCUT2D eigenvalue weighted by molar-refractivity contribution is -0.130. The van der Waals surface area contributed by atoms with Crippen LogP contribution in [0.3, 0.4) is 0 Å². The van der Waals surface area contributed by atoms with E-state index in [2.05, 4.69) is 10.6 Å². The van der Waals surface area contributed by atoms with Gasteiger partial charge in [-0.15, -0.1) is 12.4 Å². The number of nitrogens with two attached hydrogens (primary N) is 1. The third-order valence-corrected chi connectivity index (χ3v) is 4.22. The first-order valence-corrected chi connectivity index (χ1v) is 7.12. The average Bonchev–Trinajstić information content (AvgIpc) is 2.83. The number of halogens is 1. The summed E-state index contributed by atoms with van der Waals surface area (Å²) in [5.74, 6) is 0.623. The zero-order valence-corrected chi connectivity index (χ0v) is 13.3. The van der Waals surface area contributed by atoms with Crippen LogP contribution < -0.4 is 16.4 Å². The lowest BCUT2D eigenvalue weighted by Gasteiger charge is -2.27. The molecule has 5 nitrogen and oxygen atoms in total. The minimum absolute atomic E-state index is 0. The van der Waals surface area contributed by atoms with Crippen molar-refractivity contribution >= 4 is 24.2 Å². The van der Waals surface area contributed by atoms with E-state index >= 15 is 0 Å². The Bertz CT molecular complexity index is 379. The van der Waals surface area contributed by atoms with Gasteiger partial charge in [0.2, 0.25) is 11.8 Å². The van der Waals surface area contributed by atoms with Crippen LogP contribution in [-0.4, -0.2) is 29.9 Å². The van der Waals surface area contributed by atoms with Crippen LogP contribution in [0.5, 0.6) is 0 Å². The zero-order valence-electron chi connectivity index (χ0n) is 12.4. The average molecular weight is 304 g/mol. The van der Waals surface area contributed by atoms with Gasteiger partial charge in [0.1, 0.15) is 0 Å². The van der Waals surface area contributed by atoms with Gasteiger partial charge in [0.05, 0.1) is 12.5 Å². The molecule has 2 aliphatic rings. The topological polar surface area (TPSA) is 84.2 Å². The molecular formula is C14H26ClN3O2. The third kappa shape index (κ3) is 3.85. The van der Waals surface area contributed by atoms with Crippen LogP contribution in [0.2, 0.25) is 0 Å². The summed E-state index contributed by atoms with van der Waals surface area (Å²) >= 11 is 0. The number of rotatable bonds is 3. The molecular weight excluding hydrogens is 278 g/mol. The van der Waals surface area contributed by atoms with Gasteiger partial charge in [-0.1, -0.05) is 0 Å². The molecule has 4 N–H and O–H groups in total. The number of nitrogens with one attached hydrogen (secondary N) is 2. The van der Waals surface area contributed by atoms with Crippen LogP contribution in [0.25, 0.3) is 0 Å². The van der Waals surface area contributed by atoms with Crippen LogP contribution in [0.1, 0.15) is 40.0 Å². The predicted octanol–water partition coefficient (Wildman–Crippen LogP) is 0.812. The van der Waals surface area contributed by atoms with Crippen LogP contribution in [0.15, 0.2) is 0 Å². The fourth-order valence-electron chi connectivity index (χ4n) is 3.47. The SMILES string of the molecule is CC(C)(C)NC(=O)CNC(=O)C1C2CCC(C2)C1N.Cl. The normalized spacial score (nSPS) is 31.6. The van der Waals surface area contributed by atoms with Crippen molar-refractivity contribution in [3.05, 3.63) is 0 Å². The molecule has 0 radical (unpaired) electrons. The molecule has 2 fully saturated rings. The highest BCUT2D eigenvalue weighted by Crippen LogP contribution is 2.47. The molecule has 0 aromatic carbocycles. The smallest absolute Gasteiger partial charge is 0.239 e. The van der Waals surface area contributed by atoms with E-state index in [0.717, 1.165) is 19.3 Å². The van der Waals surface area contributed by atoms with Crippen LogP contribution in [-0.2, 0) is 9.59 Å². The summed E-state index contributed by atoms with van der Waals surface area (Å²) in [7, 11) is 0. The van der Waals surface area contributed by atoms with Crippen molar-refractivity contribution in [2.24, 2.45) is 23.5 Å². The first-order valence-electron chi connectivity index (χ1n) is 7.12. The second-order valence-corrected chi connectivity index (χ2v) is 6.95. The van der Waals surface area contributed by atoms with Crippen molar-refractivity contribution < 1.29 is 9.59 Å². The molecule has 0 aromatic heterocycles. The number of carbonyl (C=O) groups is 2. The fourth-order valence-corrected chi connectivity index (χ4v) is 3.47. The highest BCUT2D eigenvalue weighted by atomic mass is 35.5. The summed E-state index contributed by atoms with van der Waals surface area (Å²) in [4.78, 5) is 23.8. The summed E-state index contributed by atoms with van der Waals surface area (Å²) in [6.45, 7) is 5.78. The molecule has 2 aliphatic carbocycles. The van der Waals surface area contributed by atoms with E-state index in [0.29, 0.717) is 11.8 Å². The maximum absolute atomic E-state index is 12.1. The van der Waals surface area contributed by atoms with Gasteiger partial charge in [0.25, 0.3) is 0 Å². The Labute approximate surface area is 126 Å². The molecule has 2 amide bonds. The van der Waals surface area contributed by atoms with Crippen LogP contribution in [0.4, 0.5) is 0 Å². The maximum Gasteiger partial charge on any atom is 0.239 e. The Morgan fingerprint density at radius 3 is 2.30 bits per heavy atom. The second-order valence-electron chi connectivity index (χ2n) is 6.95. The second kappa shape index (κ2) is 6.31. The van der Waals surface area contributed by atoms with Gasteiger partial charge >= 0.3 is 0 Å². The van der Waals surface area contributed by atoms with Gasteiger partial charge in [0.15, 0.2) is 0 Å². The van der Waals surface area contributed by atoms with Gasteiger partial charge in [-0.25, -0.2) is 0 Å². The molecule has 0 spiro atoms. The summed E-state index contributed by atoms with van der Waals surface area (Å²) in [5.41, 5.74) is 5.84. The molecule has 2 rings (SSSR count). The largest absolute Gasteiger partial charge is 0.350 e. The predicted molar refractivity (Wildman–Crippen MR) is 80.4 cm³/mol. The van der Waals surface area contributed by atoms with Crippen LogP contribution >= 0.6 is 12.4 Å². The molecule has 6 heteroatoms. The number of carbonyl (C=O) groups excluding carboxylic acids is 2. The first-order chi connectivity index (χ1) is 8.78. The highest BCUT2D eigenvalue weighted by molar-refractivity contribution is 5.86. The van der Waals surface area contributed by atoms with E-state index in [1.54, 1.807) is 0 Å². The summed E-state index contributed by atoms with van der Waals surface area (Å²) < 4.78 is 0. The molecule has 116 valence electrons. The standard InChI is InChI=1S/C14H25N3O2.ClH/c1-14(2,3)17-10(18)7-16-13(19)11-8-4-5-9(6-8)12(11)15;/h8-9,11-12H,4-7,15H2,1-3H3,(H,16,19)(H,17,18);1H. The fraction of sp³-hybridized carbons (Fsp3) is 0.857. The molecule has 2 saturated carbocycles. The van der Waals surface area contributed by atoms with E-state index < -0.39 is 0 Å². The molecule has 0 heterocycles. The highest BCUT2D eigenvalue weighted by Gasteiger charge is 2.48. The monoisotopic (exact) mass is 303 g/mol. The van der Waals surface area contributed by atoms with Crippen molar-refractivity contribution in [2.75, 3.05) is 6.54 Å².